The highest BCUT2D eigenvalue weighted by atomic mass is 19.1. The zero-order valence-corrected chi connectivity index (χ0v) is 11.5. The molecule has 1 aliphatic heterocycles. The van der Waals surface area contributed by atoms with Gasteiger partial charge in [-0.2, -0.15) is 0 Å². The summed E-state index contributed by atoms with van der Waals surface area (Å²) in [5, 5.41) is 3.13. The molecule has 0 saturated heterocycles. The summed E-state index contributed by atoms with van der Waals surface area (Å²) in [6, 6.07) is 8.48. The summed E-state index contributed by atoms with van der Waals surface area (Å²) >= 11 is 0. The fraction of sp³-hybridized carbons (Fsp3) is 0.250. The van der Waals surface area contributed by atoms with E-state index in [1.54, 1.807) is 19.1 Å². The molecule has 0 saturated carbocycles. The second kappa shape index (κ2) is 5.60. The van der Waals surface area contributed by atoms with E-state index in [1.165, 1.54) is 6.07 Å². The maximum absolute atomic E-state index is 13.7. The molecule has 2 aromatic rings. The molecule has 110 valence electrons. The molecular weight excluding hydrogens is 276 g/mol. The van der Waals surface area contributed by atoms with Crippen molar-refractivity contribution < 1.29 is 18.3 Å². The highest BCUT2D eigenvalue weighted by molar-refractivity contribution is 5.56. The van der Waals surface area contributed by atoms with Crippen molar-refractivity contribution in [3.63, 3.8) is 0 Å². The molecule has 0 radical (unpaired) electrons. The zero-order chi connectivity index (χ0) is 14.8. The number of ether oxygens (including phenoxy) is 2. The summed E-state index contributed by atoms with van der Waals surface area (Å²) in [6.07, 6.45) is 0. The van der Waals surface area contributed by atoms with Gasteiger partial charge in [0, 0.05) is 17.3 Å². The molecule has 21 heavy (non-hydrogen) atoms. The molecule has 0 spiro atoms. The Labute approximate surface area is 121 Å². The highest BCUT2D eigenvalue weighted by Gasteiger charge is 2.15. The normalized spacial score (nSPS) is 14.6. The minimum Gasteiger partial charge on any atom is -0.486 e. The Morgan fingerprint density at radius 3 is 2.57 bits per heavy atom. The molecule has 1 unspecified atom stereocenters. The van der Waals surface area contributed by atoms with Gasteiger partial charge in [-0.05, 0) is 37.3 Å². The summed E-state index contributed by atoms with van der Waals surface area (Å²) < 4.78 is 37.9. The summed E-state index contributed by atoms with van der Waals surface area (Å²) in [5.41, 5.74) is 1.04. The Bertz CT molecular complexity index is 661. The number of halogens is 2. The van der Waals surface area contributed by atoms with E-state index >= 15 is 0 Å². The number of fused-ring (bicyclic) bond motifs is 1. The molecule has 0 amide bonds. The van der Waals surface area contributed by atoms with E-state index in [2.05, 4.69) is 5.32 Å². The minimum atomic E-state index is -0.456. The average Bonchev–Trinajstić information content (AvgIpc) is 2.49. The van der Waals surface area contributed by atoms with E-state index in [0.29, 0.717) is 24.7 Å². The van der Waals surface area contributed by atoms with Gasteiger partial charge >= 0.3 is 0 Å². The molecule has 0 aliphatic carbocycles. The van der Waals surface area contributed by atoms with Crippen LogP contribution >= 0.6 is 0 Å². The van der Waals surface area contributed by atoms with E-state index in [-0.39, 0.29) is 11.6 Å². The molecule has 1 atom stereocenters. The van der Waals surface area contributed by atoms with Gasteiger partial charge in [0.2, 0.25) is 0 Å². The van der Waals surface area contributed by atoms with Crippen LogP contribution in [0.3, 0.4) is 0 Å². The first-order chi connectivity index (χ1) is 10.1. The molecule has 1 aliphatic rings. The van der Waals surface area contributed by atoms with E-state index in [9.17, 15) is 8.78 Å². The Morgan fingerprint density at radius 1 is 1.00 bits per heavy atom. The third-order valence-corrected chi connectivity index (χ3v) is 3.35. The molecule has 0 aromatic heterocycles. The molecule has 0 fully saturated rings. The van der Waals surface area contributed by atoms with Gasteiger partial charge in [0.05, 0.1) is 6.04 Å². The lowest BCUT2D eigenvalue weighted by atomic mass is 10.1. The highest BCUT2D eigenvalue weighted by Crippen LogP contribution is 2.34. The van der Waals surface area contributed by atoms with Crippen LogP contribution in [-0.2, 0) is 0 Å². The zero-order valence-electron chi connectivity index (χ0n) is 11.5. The maximum atomic E-state index is 13.7. The van der Waals surface area contributed by atoms with Gasteiger partial charge in [0.25, 0.3) is 0 Å². The molecule has 0 bridgehead atoms. The van der Waals surface area contributed by atoms with Gasteiger partial charge < -0.3 is 14.8 Å². The van der Waals surface area contributed by atoms with Crippen molar-refractivity contribution in [2.75, 3.05) is 18.5 Å². The Hall–Kier alpha value is -2.30. The standard InChI is InChI=1S/C16H15F2NO2/c1-10(13-8-11(17)2-4-14(13)18)19-12-3-5-15-16(9-12)21-7-6-20-15/h2-5,8-10,19H,6-7H2,1H3. The van der Waals surface area contributed by atoms with E-state index in [1.807, 2.05) is 6.07 Å². The predicted octanol–water partition coefficient (Wildman–Crippen LogP) is 3.91. The van der Waals surface area contributed by atoms with Gasteiger partial charge in [-0.15, -0.1) is 0 Å². The predicted molar refractivity (Wildman–Crippen MR) is 75.8 cm³/mol. The first kappa shape index (κ1) is 13.7. The van der Waals surface area contributed by atoms with Crippen molar-refractivity contribution in [3.8, 4) is 11.5 Å². The van der Waals surface area contributed by atoms with Crippen LogP contribution in [0, 0.1) is 11.6 Å². The van der Waals surface area contributed by atoms with Crippen LogP contribution in [0.25, 0.3) is 0 Å². The van der Waals surface area contributed by atoms with Crippen LogP contribution in [0.15, 0.2) is 36.4 Å². The van der Waals surface area contributed by atoms with Gasteiger partial charge in [-0.1, -0.05) is 0 Å². The third-order valence-electron chi connectivity index (χ3n) is 3.35. The van der Waals surface area contributed by atoms with E-state index in [0.717, 1.165) is 17.8 Å². The van der Waals surface area contributed by atoms with Crippen LogP contribution in [0.5, 0.6) is 11.5 Å². The second-order valence-electron chi connectivity index (χ2n) is 4.89. The topological polar surface area (TPSA) is 30.5 Å². The first-order valence-electron chi connectivity index (χ1n) is 6.74. The van der Waals surface area contributed by atoms with Crippen LogP contribution in [0.4, 0.5) is 14.5 Å². The molecule has 2 aromatic carbocycles. The second-order valence-corrected chi connectivity index (χ2v) is 4.89. The van der Waals surface area contributed by atoms with Gasteiger partial charge in [-0.3, -0.25) is 0 Å². The van der Waals surface area contributed by atoms with Crippen molar-refractivity contribution >= 4 is 5.69 Å². The number of hydrogen-bond acceptors (Lipinski definition) is 3. The third kappa shape index (κ3) is 2.91. The molecular formula is C16H15F2NO2. The smallest absolute Gasteiger partial charge is 0.163 e. The van der Waals surface area contributed by atoms with Crippen molar-refractivity contribution in [2.24, 2.45) is 0 Å². The molecule has 5 heteroatoms. The summed E-state index contributed by atoms with van der Waals surface area (Å²) in [6.45, 7) is 2.81. The first-order valence-corrected chi connectivity index (χ1v) is 6.74. The van der Waals surface area contributed by atoms with Crippen molar-refractivity contribution in [1.29, 1.82) is 0 Å². The van der Waals surface area contributed by atoms with Crippen LogP contribution < -0.4 is 14.8 Å². The van der Waals surface area contributed by atoms with Crippen LogP contribution in [0.1, 0.15) is 18.5 Å². The van der Waals surface area contributed by atoms with Crippen LogP contribution in [-0.4, -0.2) is 13.2 Å². The number of anilines is 1. The fourth-order valence-electron chi connectivity index (χ4n) is 2.31. The largest absolute Gasteiger partial charge is 0.486 e. The Kier molecular flexibility index (Phi) is 3.64. The Balaban J connectivity index is 1.81. The number of rotatable bonds is 3. The molecule has 3 rings (SSSR count). The van der Waals surface area contributed by atoms with E-state index < -0.39 is 11.6 Å². The lowest BCUT2D eigenvalue weighted by molar-refractivity contribution is 0.171. The molecule has 1 heterocycles. The number of hydrogen-bond donors (Lipinski definition) is 1. The summed E-state index contributed by atoms with van der Waals surface area (Å²) in [7, 11) is 0. The Morgan fingerprint density at radius 2 is 1.76 bits per heavy atom. The van der Waals surface area contributed by atoms with Crippen LogP contribution in [0.2, 0.25) is 0 Å². The maximum Gasteiger partial charge on any atom is 0.163 e. The minimum absolute atomic E-state index is 0.282. The lowest BCUT2D eigenvalue weighted by Crippen LogP contribution is -2.16. The molecule has 1 N–H and O–H groups in total. The van der Waals surface area contributed by atoms with Crippen molar-refractivity contribution in [2.45, 2.75) is 13.0 Å². The van der Waals surface area contributed by atoms with Crippen molar-refractivity contribution in [1.82, 2.24) is 0 Å². The lowest BCUT2D eigenvalue weighted by Gasteiger charge is -2.21. The van der Waals surface area contributed by atoms with Gasteiger partial charge in [-0.25, -0.2) is 8.78 Å². The number of nitrogens with one attached hydrogen (secondary N) is 1. The van der Waals surface area contributed by atoms with Crippen molar-refractivity contribution in [3.05, 3.63) is 53.6 Å². The number of benzene rings is 2. The fourth-order valence-corrected chi connectivity index (χ4v) is 2.31. The average molecular weight is 291 g/mol. The van der Waals surface area contributed by atoms with E-state index in [4.69, 9.17) is 9.47 Å². The van der Waals surface area contributed by atoms with Gasteiger partial charge in [0.15, 0.2) is 11.5 Å². The summed E-state index contributed by atoms with van der Waals surface area (Å²) in [5.74, 6) is 0.450. The molecule has 3 nitrogen and oxygen atoms in total. The summed E-state index contributed by atoms with van der Waals surface area (Å²) in [4.78, 5) is 0. The van der Waals surface area contributed by atoms with Gasteiger partial charge in [0.1, 0.15) is 24.8 Å². The monoisotopic (exact) mass is 291 g/mol. The quantitative estimate of drug-likeness (QED) is 0.930. The SMILES string of the molecule is CC(Nc1ccc2c(c1)OCCO2)c1cc(F)ccc1F.